The number of carbonyl (C=O) groups is 2. The summed E-state index contributed by atoms with van der Waals surface area (Å²) < 4.78 is 14.4. The van der Waals surface area contributed by atoms with Gasteiger partial charge >= 0.3 is 0 Å². The van der Waals surface area contributed by atoms with Crippen LogP contribution < -0.4 is 16.4 Å². The summed E-state index contributed by atoms with van der Waals surface area (Å²) in [5.41, 5.74) is 7.41. The minimum atomic E-state index is -0.578. The van der Waals surface area contributed by atoms with Crippen molar-refractivity contribution in [2.45, 2.75) is 44.2 Å². The largest absolute Gasteiger partial charge is 0.369 e. The smallest absolute Gasteiger partial charge is 0.229 e. The molecule has 2 aromatic rings. The summed E-state index contributed by atoms with van der Waals surface area (Å²) in [7, 11) is 2.13. The van der Waals surface area contributed by atoms with E-state index in [4.69, 9.17) is 5.73 Å². The number of benzene rings is 1. The molecule has 4 rings (SSSR count). The zero-order valence-electron chi connectivity index (χ0n) is 20.1. The number of aldehydes is 1. The number of nitrogens with two attached hydrogens (primary N) is 1. The second kappa shape index (κ2) is 11.5. The van der Waals surface area contributed by atoms with Crippen molar-refractivity contribution in [2.24, 2.45) is 11.7 Å². The van der Waals surface area contributed by atoms with Crippen molar-refractivity contribution in [2.75, 3.05) is 43.9 Å². The highest BCUT2D eigenvalue weighted by Gasteiger charge is 2.32. The average Bonchev–Trinajstić information content (AvgIpc) is 3.32. The Hall–Kier alpha value is -3.11. The summed E-state index contributed by atoms with van der Waals surface area (Å²) in [5.74, 6) is -0.976. The van der Waals surface area contributed by atoms with E-state index in [0.717, 1.165) is 69.2 Å². The number of primary amides is 1. The van der Waals surface area contributed by atoms with Crippen LogP contribution in [0.1, 0.15) is 43.7 Å². The number of nitrogens with zero attached hydrogens (tertiary/aromatic N) is 4. The van der Waals surface area contributed by atoms with Crippen molar-refractivity contribution >= 4 is 29.6 Å². The molecule has 2 heterocycles. The maximum Gasteiger partial charge on any atom is 0.229 e. The third kappa shape index (κ3) is 6.32. The Kier molecular flexibility index (Phi) is 8.25. The van der Waals surface area contributed by atoms with Crippen LogP contribution in [-0.4, -0.2) is 71.2 Å². The van der Waals surface area contributed by atoms with E-state index in [1.54, 1.807) is 0 Å². The highest BCUT2D eigenvalue weighted by Crippen LogP contribution is 2.30. The lowest BCUT2D eigenvalue weighted by Crippen LogP contribution is -2.46. The predicted molar refractivity (Wildman–Crippen MR) is 133 cm³/mol. The van der Waals surface area contributed by atoms with E-state index in [9.17, 15) is 14.0 Å². The third-order valence-corrected chi connectivity index (χ3v) is 7.04. The lowest BCUT2D eigenvalue weighted by molar-refractivity contribution is -0.121. The first-order valence-electron chi connectivity index (χ1n) is 12.3. The summed E-state index contributed by atoms with van der Waals surface area (Å²) in [4.78, 5) is 35.8. The molecule has 9 nitrogen and oxygen atoms in total. The first-order chi connectivity index (χ1) is 16.9. The number of hydrogen-bond acceptors (Lipinski definition) is 8. The van der Waals surface area contributed by atoms with Crippen LogP contribution in [0.25, 0.3) is 0 Å². The molecule has 1 unspecified atom stereocenters. The molecule has 1 amide bonds. The molecule has 0 spiro atoms. The van der Waals surface area contributed by atoms with Gasteiger partial charge in [-0.25, -0.2) is 9.37 Å². The molecular weight excluding hydrogens is 449 g/mol. The van der Waals surface area contributed by atoms with Gasteiger partial charge in [0, 0.05) is 50.4 Å². The molecule has 0 bridgehead atoms. The topological polar surface area (TPSA) is 116 Å². The fraction of sp³-hybridized carbons (Fsp3) is 0.520. The summed E-state index contributed by atoms with van der Waals surface area (Å²) in [5, 5.41) is 6.17. The Balaban J connectivity index is 1.44. The summed E-state index contributed by atoms with van der Waals surface area (Å²) in [6, 6.07) is 7.94. The number of rotatable bonds is 10. The van der Waals surface area contributed by atoms with Crippen LogP contribution in [0, 0.1) is 11.7 Å². The van der Waals surface area contributed by atoms with Crippen molar-refractivity contribution in [3.63, 3.8) is 0 Å². The highest BCUT2D eigenvalue weighted by atomic mass is 19.1. The zero-order valence-corrected chi connectivity index (χ0v) is 20.1. The predicted octanol–water partition coefficient (Wildman–Crippen LogP) is 2.69. The van der Waals surface area contributed by atoms with E-state index < -0.39 is 5.82 Å². The van der Waals surface area contributed by atoms with Gasteiger partial charge in [-0.05, 0) is 44.0 Å². The van der Waals surface area contributed by atoms with E-state index in [0.29, 0.717) is 12.8 Å². The molecule has 35 heavy (non-hydrogen) atoms. The van der Waals surface area contributed by atoms with Crippen molar-refractivity contribution < 1.29 is 14.0 Å². The van der Waals surface area contributed by atoms with Crippen LogP contribution in [0.4, 0.5) is 21.8 Å². The van der Waals surface area contributed by atoms with Crippen LogP contribution in [-0.2, 0) is 9.59 Å². The monoisotopic (exact) mass is 483 g/mol. The van der Waals surface area contributed by atoms with Gasteiger partial charge in [-0.15, -0.1) is 0 Å². The minimum Gasteiger partial charge on any atom is -0.369 e. The number of carbonyl (C=O) groups excluding carboxylic acids is 2. The van der Waals surface area contributed by atoms with Gasteiger partial charge in [0.05, 0.1) is 12.1 Å². The van der Waals surface area contributed by atoms with Gasteiger partial charge in [-0.2, -0.15) is 4.98 Å². The van der Waals surface area contributed by atoms with Crippen molar-refractivity contribution in [3.8, 4) is 0 Å². The quantitative estimate of drug-likeness (QED) is 0.442. The third-order valence-electron chi connectivity index (χ3n) is 7.04. The number of amides is 1. The number of nitrogens with one attached hydrogen (secondary N) is 2. The van der Waals surface area contributed by atoms with Crippen LogP contribution in [0.5, 0.6) is 0 Å². The van der Waals surface area contributed by atoms with Gasteiger partial charge in [0.15, 0.2) is 11.6 Å². The maximum absolute atomic E-state index is 14.4. The van der Waals surface area contributed by atoms with Gasteiger partial charge in [-0.3, -0.25) is 9.69 Å². The van der Waals surface area contributed by atoms with Gasteiger partial charge in [-0.1, -0.05) is 18.6 Å². The molecule has 1 saturated carbocycles. The fourth-order valence-electron chi connectivity index (χ4n) is 5.01. The standard InChI is InChI=1S/C25H34FN7O2/c1-32-11-13-33(14-12-32)22(6-3-15-34)17-7-9-18(10-8-17)29-25-28-16-20(26)24(31-25)30-21-5-2-4-19(21)23(27)35/h7-10,15-16,19,21-22H,2-6,11-14H2,1H3,(H2,27,35)(H2,28,29,30,31)/t19-,21+,22?/m0/s1. The summed E-state index contributed by atoms with van der Waals surface area (Å²) in [6.07, 6.45) is 5.69. The molecule has 2 fully saturated rings. The Bertz CT molecular complexity index is 1010. The fourth-order valence-corrected chi connectivity index (χ4v) is 5.01. The number of piperazine rings is 1. The lowest BCUT2D eigenvalue weighted by Gasteiger charge is -2.38. The van der Waals surface area contributed by atoms with E-state index in [-0.39, 0.29) is 35.7 Å². The number of anilines is 3. The molecule has 1 saturated heterocycles. The van der Waals surface area contributed by atoms with E-state index in [1.807, 2.05) is 12.1 Å². The molecular formula is C25H34FN7O2. The SMILES string of the molecule is CN1CCN(C(CCC=O)c2ccc(Nc3ncc(F)c(N[C@@H]4CCC[C@@H]4C(N)=O)n3)cc2)CC1. The van der Waals surface area contributed by atoms with Crippen LogP contribution in [0.3, 0.4) is 0 Å². The Morgan fingerprint density at radius 1 is 1.23 bits per heavy atom. The lowest BCUT2D eigenvalue weighted by atomic mass is 9.99. The van der Waals surface area contributed by atoms with Crippen LogP contribution in [0.15, 0.2) is 30.5 Å². The number of aromatic nitrogens is 2. The molecule has 4 N–H and O–H groups in total. The van der Waals surface area contributed by atoms with Gasteiger partial charge < -0.3 is 26.1 Å². The molecule has 188 valence electrons. The van der Waals surface area contributed by atoms with Gasteiger partial charge in [0.2, 0.25) is 11.9 Å². The Morgan fingerprint density at radius 3 is 2.66 bits per heavy atom. The van der Waals surface area contributed by atoms with Crippen molar-refractivity contribution in [1.82, 2.24) is 19.8 Å². The maximum atomic E-state index is 14.4. The molecule has 1 aliphatic carbocycles. The van der Waals surface area contributed by atoms with Crippen LogP contribution in [0.2, 0.25) is 0 Å². The second-order valence-electron chi connectivity index (χ2n) is 9.43. The van der Waals surface area contributed by atoms with Gasteiger partial charge in [0.1, 0.15) is 6.29 Å². The molecule has 10 heteroatoms. The molecule has 2 aliphatic rings. The highest BCUT2D eigenvalue weighted by molar-refractivity contribution is 5.78. The van der Waals surface area contributed by atoms with Crippen molar-refractivity contribution in [3.05, 3.63) is 41.8 Å². The minimum absolute atomic E-state index is 0.0567. The molecule has 1 aromatic heterocycles. The Labute approximate surface area is 205 Å². The summed E-state index contributed by atoms with van der Waals surface area (Å²) in [6.45, 7) is 3.96. The second-order valence-corrected chi connectivity index (χ2v) is 9.43. The molecule has 1 aliphatic heterocycles. The zero-order chi connectivity index (χ0) is 24.8. The Morgan fingerprint density at radius 2 is 1.97 bits per heavy atom. The number of halogens is 1. The first kappa shape index (κ1) is 25.0. The first-order valence-corrected chi connectivity index (χ1v) is 12.3. The summed E-state index contributed by atoms with van der Waals surface area (Å²) >= 11 is 0. The van der Waals surface area contributed by atoms with E-state index in [1.165, 1.54) is 0 Å². The normalized spacial score (nSPS) is 22.0. The van der Waals surface area contributed by atoms with E-state index in [2.05, 4.69) is 49.6 Å². The van der Waals surface area contributed by atoms with Gasteiger partial charge in [0.25, 0.3) is 0 Å². The average molecular weight is 484 g/mol. The molecule has 3 atom stereocenters. The van der Waals surface area contributed by atoms with Crippen LogP contribution >= 0.6 is 0 Å². The number of likely N-dealkylation sites (N-methyl/N-ethyl adjacent to an activating group) is 1. The molecule has 1 aromatic carbocycles. The van der Waals surface area contributed by atoms with E-state index >= 15 is 0 Å². The van der Waals surface area contributed by atoms with Crippen molar-refractivity contribution in [1.29, 1.82) is 0 Å². The number of hydrogen-bond donors (Lipinski definition) is 3. The molecule has 0 radical (unpaired) electrons.